The van der Waals surface area contributed by atoms with Gasteiger partial charge in [-0.15, -0.1) is 13.2 Å². The molecular formula is C16H14F3NO4. The Labute approximate surface area is 135 Å². The van der Waals surface area contributed by atoms with Crippen LogP contribution in [0.1, 0.15) is 10.4 Å². The van der Waals surface area contributed by atoms with E-state index in [0.29, 0.717) is 11.5 Å². The number of hydrogen-bond donors (Lipinski definition) is 1. The van der Waals surface area contributed by atoms with Gasteiger partial charge in [0.25, 0.3) is 5.91 Å². The van der Waals surface area contributed by atoms with E-state index in [0.717, 1.165) is 6.07 Å². The lowest BCUT2D eigenvalue weighted by Crippen LogP contribution is -2.19. The van der Waals surface area contributed by atoms with Crippen LogP contribution in [0.4, 0.5) is 18.9 Å². The van der Waals surface area contributed by atoms with E-state index in [9.17, 15) is 18.0 Å². The zero-order valence-electron chi connectivity index (χ0n) is 12.8. The van der Waals surface area contributed by atoms with Crippen molar-refractivity contribution in [3.63, 3.8) is 0 Å². The molecule has 0 saturated heterocycles. The maximum atomic E-state index is 12.4. The van der Waals surface area contributed by atoms with Crippen LogP contribution in [0.25, 0.3) is 0 Å². The monoisotopic (exact) mass is 341 g/mol. The second-order valence-electron chi connectivity index (χ2n) is 4.60. The van der Waals surface area contributed by atoms with Gasteiger partial charge in [-0.1, -0.05) is 12.1 Å². The molecule has 0 aromatic heterocycles. The zero-order chi connectivity index (χ0) is 17.7. The van der Waals surface area contributed by atoms with Gasteiger partial charge >= 0.3 is 6.36 Å². The molecule has 0 aliphatic rings. The molecule has 8 heteroatoms. The maximum absolute atomic E-state index is 12.4. The Hall–Kier alpha value is -2.90. The summed E-state index contributed by atoms with van der Waals surface area (Å²) < 4.78 is 51.2. The van der Waals surface area contributed by atoms with Crippen LogP contribution in [-0.4, -0.2) is 26.5 Å². The second kappa shape index (κ2) is 7.12. The van der Waals surface area contributed by atoms with E-state index in [1.807, 2.05) is 0 Å². The molecule has 0 fully saturated rings. The summed E-state index contributed by atoms with van der Waals surface area (Å²) >= 11 is 0. The Balaban J connectivity index is 2.27. The van der Waals surface area contributed by atoms with E-state index in [-0.39, 0.29) is 11.3 Å². The average Bonchev–Trinajstić information content (AvgIpc) is 2.54. The molecule has 5 nitrogen and oxygen atoms in total. The normalized spacial score (nSPS) is 10.9. The van der Waals surface area contributed by atoms with Crippen molar-refractivity contribution in [1.82, 2.24) is 0 Å². The quantitative estimate of drug-likeness (QED) is 0.897. The van der Waals surface area contributed by atoms with E-state index in [2.05, 4.69) is 10.1 Å². The number of anilines is 1. The lowest BCUT2D eigenvalue weighted by molar-refractivity contribution is -0.274. The van der Waals surface area contributed by atoms with E-state index in [1.54, 1.807) is 6.07 Å². The Morgan fingerprint density at radius 3 is 2.12 bits per heavy atom. The molecule has 1 N–H and O–H groups in total. The minimum absolute atomic E-state index is 0.110. The van der Waals surface area contributed by atoms with Crippen molar-refractivity contribution in [2.24, 2.45) is 0 Å². The fraction of sp³-hybridized carbons (Fsp3) is 0.188. The SMILES string of the molecule is COc1cc(OC)cc(C(=O)Nc2ccccc2OC(F)(F)F)c1. The highest BCUT2D eigenvalue weighted by Crippen LogP contribution is 2.31. The number of methoxy groups -OCH3 is 2. The smallest absolute Gasteiger partial charge is 0.497 e. The van der Waals surface area contributed by atoms with Crippen LogP contribution >= 0.6 is 0 Å². The Morgan fingerprint density at radius 1 is 1.00 bits per heavy atom. The van der Waals surface area contributed by atoms with Gasteiger partial charge in [-0.25, -0.2) is 0 Å². The summed E-state index contributed by atoms with van der Waals surface area (Å²) in [6, 6.07) is 9.69. The third-order valence-electron chi connectivity index (χ3n) is 2.97. The number of benzene rings is 2. The summed E-state index contributed by atoms with van der Waals surface area (Å²) in [4.78, 5) is 12.3. The van der Waals surface area contributed by atoms with Gasteiger partial charge in [0.2, 0.25) is 0 Å². The van der Waals surface area contributed by atoms with E-state index < -0.39 is 18.0 Å². The zero-order valence-corrected chi connectivity index (χ0v) is 12.8. The fourth-order valence-corrected chi connectivity index (χ4v) is 1.92. The van der Waals surface area contributed by atoms with Crippen LogP contribution in [-0.2, 0) is 0 Å². The van der Waals surface area contributed by atoms with Crippen LogP contribution in [0.15, 0.2) is 42.5 Å². The molecule has 0 unspecified atom stereocenters. The Morgan fingerprint density at radius 2 is 1.58 bits per heavy atom. The minimum atomic E-state index is -4.86. The Bertz CT molecular complexity index is 709. The van der Waals surface area contributed by atoms with Crippen LogP contribution in [0.5, 0.6) is 17.2 Å². The molecule has 0 radical (unpaired) electrons. The van der Waals surface area contributed by atoms with Gasteiger partial charge in [-0.3, -0.25) is 4.79 Å². The van der Waals surface area contributed by atoms with Crippen molar-refractivity contribution in [2.45, 2.75) is 6.36 Å². The third kappa shape index (κ3) is 4.55. The van der Waals surface area contributed by atoms with Crippen molar-refractivity contribution >= 4 is 11.6 Å². The number of para-hydroxylation sites is 2. The van der Waals surface area contributed by atoms with Gasteiger partial charge in [0.05, 0.1) is 19.9 Å². The number of rotatable bonds is 5. The number of carbonyl (C=O) groups is 1. The van der Waals surface area contributed by atoms with Crippen molar-refractivity contribution in [3.8, 4) is 17.2 Å². The molecule has 0 saturated carbocycles. The predicted molar refractivity (Wildman–Crippen MR) is 80.6 cm³/mol. The maximum Gasteiger partial charge on any atom is 0.573 e. The largest absolute Gasteiger partial charge is 0.573 e. The van der Waals surface area contributed by atoms with Crippen LogP contribution in [0.3, 0.4) is 0 Å². The molecule has 24 heavy (non-hydrogen) atoms. The molecule has 0 atom stereocenters. The van der Waals surface area contributed by atoms with Gasteiger partial charge in [-0.2, -0.15) is 0 Å². The number of amides is 1. The molecule has 0 bridgehead atoms. The van der Waals surface area contributed by atoms with Crippen molar-refractivity contribution in [3.05, 3.63) is 48.0 Å². The summed E-state index contributed by atoms with van der Waals surface area (Å²) in [7, 11) is 2.84. The van der Waals surface area contributed by atoms with E-state index >= 15 is 0 Å². The molecule has 0 aliphatic heterocycles. The van der Waals surface area contributed by atoms with Crippen molar-refractivity contribution in [1.29, 1.82) is 0 Å². The van der Waals surface area contributed by atoms with Crippen molar-refractivity contribution in [2.75, 3.05) is 19.5 Å². The topological polar surface area (TPSA) is 56.8 Å². The number of alkyl halides is 3. The highest BCUT2D eigenvalue weighted by Gasteiger charge is 2.32. The first kappa shape index (κ1) is 17.5. The summed E-state index contributed by atoms with van der Waals surface area (Å²) in [5.41, 5.74) is 0.0506. The number of carbonyl (C=O) groups excluding carboxylic acids is 1. The number of halogens is 3. The summed E-state index contributed by atoms with van der Waals surface area (Å²) in [5, 5.41) is 2.38. The highest BCUT2D eigenvalue weighted by molar-refractivity contribution is 6.05. The number of ether oxygens (including phenoxy) is 3. The summed E-state index contributed by atoms with van der Waals surface area (Å²) in [5.74, 6) is -0.391. The third-order valence-corrected chi connectivity index (χ3v) is 2.97. The van der Waals surface area contributed by atoms with Crippen LogP contribution in [0.2, 0.25) is 0 Å². The summed E-state index contributed by atoms with van der Waals surface area (Å²) in [6.45, 7) is 0. The lowest BCUT2D eigenvalue weighted by atomic mass is 10.1. The Kier molecular flexibility index (Phi) is 5.18. The second-order valence-corrected chi connectivity index (χ2v) is 4.60. The van der Waals surface area contributed by atoms with Gasteiger partial charge in [0.15, 0.2) is 5.75 Å². The predicted octanol–water partition coefficient (Wildman–Crippen LogP) is 3.85. The minimum Gasteiger partial charge on any atom is -0.497 e. The van der Waals surface area contributed by atoms with E-state index in [4.69, 9.17) is 9.47 Å². The number of nitrogens with one attached hydrogen (secondary N) is 1. The first-order chi connectivity index (χ1) is 11.3. The van der Waals surface area contributed by atoms with Crippen LogP contribution < -0.4 is 19.5 Å². The highest BCUT2D eigenvalue weighted by atomic mass is 19.4. The van der Waals surface area contributed by atoms with Gasteiger partial charge in [0, 0.05) is 11.6 Å². The van der Waals surface area contributed by atoms with E-state index in [1.165, 1.54) is 44.6 Å². The number of hydrogen-bond acceptors (Lipinski definition) is 4. The molecule has 2 aromatic carbocycles. The van der Waals surface area contributed by atoms with Gasteiger partial charge in [-0.05, 0) is 24.3 Å². The summed E-state index contributed by atoms with van der Waals surface area (Å²) in [6.07, 6.45) is -4.86. The molecule has 0 spiro atoms. The van der Waals surface area contributed by atoms with Crippen LogP contribution in [0, 0.1) is 0 Å². The molecule has 0 heterocycles. The fourth-order valence-electron chi connectivity index (χ4n) is 1.92. The average molecular weight is 341 g/mol. The standard InChI is InChI=1S/C16H14F3NO4/c1-22-11-7-10(8-12(9-11)23-2)15(21)20-13-5-3-4-6-14(13)24-16(17,18)19/h3-9H,1-2H3,(H,20,21). The molecule has 1 amide bonds. The van der Waals surface area contributed by atoms with Gasteiger partial charge < -0.3 is 19.5 Å². The molecule has 2 aromatic rings. The first-order valence-electron chi connectivity index (χ1n) is 6.71. The molecule has 0 aliphatic carbocycles. The molecule has 128 valence electrons. The molecule has 2 rings (SSSR count). The molecular weight excluding hydrogens is 327 g/mol. The van der Waals surface area contributed by atoms with Crippen molar-refractivity contribution < 1.29 is 32.2 Å². The lowest BCUT2D eigenvalue weighted by Gasteiger charge is -2.14. The first-order valence-corrected chi connectivity index (χ1v) is 6.71. The van der Waals surface area contributed by atoms with Gasteiger partial charge in [0.1, 0.15) is 11.5 Å².